The van der Waals surface area contributed by atoms with Crippen molar-refractivity contribution in [3.8, 4) is 0 Å². The van der Waals surface area contributed by atoms with Gasteiger partial charge < -0.3 is 15.3 Å². The van der Waals surface area contributed by atoms with E-state index in [1.165, 1.54) is 12.1 Å². The van der Waals surface area contributed by atoms with Crippen molar-refractivity contribution in [2.45, 2.75) is 51.0 Å². The van der Waals surface area contributed by atoms with Gasteiger partial charge in [-0.15, -0.1) is 0 Å². The van der Waals surface area contributed by atoms with Crippen molar-refractivity contribution >= 4 is 17.7 Å². The van der Waals surface area contributed by atoms with Gasteiger partial charge >= 0.3 is 12.1 Å². The molecule has 2 aliphatic rings. The average Bonchev–Trinajstić information content (AvgIpc) is 3.25. The Labute approximate surface area is 209 Å². The van der Waals surface area contributed by atoms with E-state index in [1.807, 2.05) is 6.92 Å². The van der Waals surface area contributed by atoms with Gasteiger partial charge in [0.05, 0.1) is 22.7 Å². The number of rotatable bonds is 6. The highest BCUT2D eigenvalue weighted by Crippen LogP contribution is 2.37. The lowest BCUT2D eigenvalue weighted by Gasteiger charge is -2.39. The highest BCUT2D eigenvalue weighted by atomic mass is 19.4. The molecule has 1 amide bonds. The molecule has 2 fully saturated rings. The number of hydrazine groups is 1. The van der Waals surface area contributed by atoms with Crippen LogP contribution >= 0.6 is 0 Å². The zero-order valence-corrected chi connectivity index (χ0v) is 19.8. The molecule has 0 bridgehead atoms. The predicted molar refractivity (Wildman–Crippen MR) is 122 cm³/mol. The number of likely N-dealkylation sites (tertiary alicyclic amines) is 1. The molecule has 0 spiro atoms. The maximum atomic E-state index is 14.5. The number of nitrogens with zero attached hydrogens (tertiary/aromatic N) is 2. The predicted octanol–water partition coefficient (Wildman–Crippen LogP) is 3.55. The lowest BCUT2D eigenvalue weighted by atomic mass is 9.74. The number of amides is 1. The summed E-state index contributed by atoms with van der Waals surface area (Å²) in [6.45, 7) is 1.73. The van der Waals surface area contributed by atoms with Gasteiger partial charge in [-0.2, -0.15) is 13.2 Å². The van der Waals surface area contributed by atoms with Crippen LogP contribution < -0.4 is 16.2 Å². The highest BCUT2D eigenvalue weighted by Gasteiger charge is 2.44. The molecule has 0 aliphatic carbocycles. The number of anilines is 1. The topological polar surface area (TPSA) is 107 Å². The van der Waals surface area contributed by atoms with Gasteiger partial charge in [-0.3, -0.25) is 15.0 Å². The van der Waals surface area contributed by atoms with E-state index < -0.39 is 46.2 Å². The summed E-state index contributed by atoms with van der Waals surface area (Å²) >= 11 is 0. The summed E-state index contributed by atoms with van der Waals surface area (Å²) in [5.74, 6) is -4.37. The molecule has 3 heterocycles. The van der Waals surface area contributed by atoms with E-state index in [0.29, 0.717) is 18.2 Å². The van der Waals surface area contributed by atoms with Crippen molar-refractivity contribution in [2.24, 2.45) is 5.41 Å². The van der Waals surface area contributed by atoms with E-state index >= 15 is 0 Å². The van der Waals surface area contributed by atoms with Crippen LogP contribution in [0.1, 0.15) is 47.8 Å². The monoisotopic (exact) mass is 527 g/mol. The Kier molecular flexibility index (Phi) is 7.38. The molecule has 1 aromatic heterocycles. The molecule has 0 radical (unpaired) electrons. The molecule has 2 aromatic rings. The Morgan fingerprint density at radius 3 is 2.46 bits per heavy atom. The largest absolute Gasteiger partial charge is 0.481 e. The number of benzene rings is 1. The van der Waals surface area contributed by atoms with E-state index in [9.17, 15) is 36.6 Å². The first kappa shape index (κ1) is 26.7. The Morgan fingerprint density at radius 1 is 1.16 bits per heavy atom. The summed E-state index contributed by atoms with van der Waals surface area (Å²) < 4.78 is 68.0. The van der Waals surface area contributed by atoms with Crippen molar-refractivity contribution < 1.29 is 36.6 Å². The molecule has 2 unspecified atom stereocenters. The molecule has 0 saturated carbocycles. The first-order valence-electron chi connectivity index (χ1n) is 11.7. The van der Waals surface area contributed by atoms with Gasteiger partial charge in [0.1, 0.15) is 5.82 Å². The minimum atomic E-state index is -4.96. The molecule has 4 N–H and O–H groups in total. The first-order chi connectivity index (χ1) is 17.4. The number of nitrogens with one attached hydrogen (secondary N) is 3. The van der Waals surface area contributed by atoms with E-state index in [-0.39, 0.29) is 50.4 Å². The second-order valence-corrected chi connectivity index (χ2v) is 9.47. The van der Waals surface area contributed by atoms with Gasteiger partial charge in [0.2, 0.25) is 0 Å². The summed E-state index contributed by atoms with van der Waals surface area (Å²) in [6.07, 6.45) is -4.69. The van der Waals surface area contributed by atoms with Crippen LogP contribution in [0.15, 0.2) is 30.3 Å². The van der Waals surface area contributed by atoms with Gasteiger partial charge in [-0.25, -0.2) is 19.2 Å². The van der Waals surface area contributed by atoms with E-state index in [2.05, 4.69) is 21.2 Å². The fraction of sp³-hybridized carbons (Fsp3) is 0.458. The van der Waals surface area contributed by atoms with Crippen molar-refractivity contribution in [1.82, 2.24) is 20.7 Å². The first-order valence-corrected chi connectivity index (χ1v) is 11.7. The maximum Gasteiger partial charge on any atom is 0.419 e. The zero-order valence-electron chi connectivity index (χ0n) is 19.8. The van der Waals surface area contributed by atoms with Gasteiger partial charge in [0.15, 0.2) is 11.6 Å². The van der Waals surface area contributed by atoms with Crippen molar-refractivity contribution in [2.75, 3.05) is 18.4 Å². The zero-order chi connectivity index (χ0) is 27.0. The number of piperidine rings is 1. The van der Waals surface area contributed by atoms with Crippen LogP contribution in [-0.2, 0) is 17.4 Å². The number of carboxylic acids is 1. The van der Waals surface area contributed by atoms with Crippen molar-refractivity contribution in [1.29, 1.82) is 0 Å². The number of alkyl halides is 3. The smallest absolute Gasteiger partial charge is 0.419 e. The Bertz CT molecular complexity index is 1180. The van der Waals surface area contributed by atoms with Crippen LogP contribution in [0.5, 0.6) is 0 Å². The lowest BCUT2D eigenvalue weighted by Crippen LogP contribution is -2.48. The fourth-order valence-electron chi connectivity index (χ4n) is 4.69. The van der Waals surface area contributed by atoms with Gasteiger partial charge in [-0.1, -0.05) is 6.07 Å². The SMILES string of the molecule is CC1CC(Nc2nc(CC3(C(=O)O)CCN(C(=O)c4cccc(C(F)(F)F)c4F)CC3)ccc2F)NN1. The molecular formula is C24H26F5N5O3. The third-order valence-corrected chi connectivity index (χ3v) is 6.82. The van der Waals surface area contributed by atoms with Crippen LogP contribution in [0, 0.1) is 17.0 Å². The Balaban J connectivity index is 1.48. The van der Waals surface area contributed by atoms with E-state index in [4.69, 9.17) is 0 Å². The molecule has 4 rings (SSSR count). The Hall–Kier alpha value is -3.32. The molecule has 1 aromatic carbocycles. The molecule has 8 nitrogen and oxygen atoms in total. The van der Waals surface area contributed by atoms with E-state index in [0.717, 1.165) is 17.0 Å². The van der Waals surface area contributed by atoms with Crippen LogP contribution in [0.4, 0.5) is 27.8 Å². The summed E-state index contributed by atoms with van der Waals surface area (Å²) in [4.78, 5) is 30.5. The summed E-state index contributed by atoms with van der Waals surface area (Å²) in [7, 11) is 0. The van der Waals surface area contributed by atoms with Crippen LogP contribution in [0.3, 0.4) is 0 Å². The van der Waals surface area contributed by atoms with Crippen molar-refractivity contribution in [3.63, 3.8) is 0 Å². The average molecular weight is 527 g/mol. The lowest BCUT2D eigenvalue weighted by molar-refractivity contribution is -0.151. The molecule has 2 saturated heterocycles. The number of halogens is 5. The fourth-order valence-corrected chi connectivity index (χ4v) is 4.69. The molecule has 2 aliphatic heterocycles. The highest BCUT2D eigenvalue weighted by molar-refractivity contribution is 5.95. The van der Waals surface area contributed by atoms with Crippen LogP contribution in [0.2, 0.25) is 0 Å². The van der Waals surface area contributed by atoms with Gasteiger partial charge in [0.25, 0.3) is 5.91 Å². The van der Waals surface area contributed by atoms with Crippen LogP contribution in [-0.4, -0.2) is 52.2 Å². The van der Waals surface area contributed by atoms with Crippen LogP contribution in [0.25, 0.3) is 0 Å². The minimum Gasteiger partial charge on any atom is -0.481 e. The molecular weight excluding hydrogens is 501 g/mol. The van der Waals surface area contributed by atoms with Gasteiger partial charge in [0, 0.05) is 31.2 Å². The maximum absolute atomic E-state index is 14.5. The third-order valence-electron chi connectivity index (χ3n) is 6.82. The molecule has 2 atom stereocenters. The normalized spacial score (nSPS) is 21.6. The molecule has 13 heteroatoms. The number of carbonyl (C=O) groups is 2. The number of hydrogen-bond donors (Lipinski definition) is 4. The van der Waals surface area contributed by atoms with Gasteiger partial charge in [-0.05, 0) is 50.5 Å². The summed E-state index contributed by atoms with van der Waals surface area (Å²) in [6, 6.07) is 5.23. The molecule has 200 valence electrons. The summed E-state index contributed by atoms with van der Waals surface area (Å²) in [5.41, 5.74) is 2.68. The second-order valence-electron chi connectivity index (χ2n) is 9.47. The number of carboxylic acid groups (broad SMARTS) is 1. The minimum absolute atomic E-state index is 0.0286. The standard InChI is InChI=1S/C24H26F5N5O3/c1-13-11-18(33-32-13)31-20-17(25)6-5-14(30-20)12-23(22(36)37)7-9-34(10-8-23)21(35)15-3-2-4-16(19(15)26)24(27,28)29/h2-6,13,18,32-33H,7-12H2,1H3,(H,30,31)(H,36,37). The number of aliphatic carboxylic acids is 1. The second kappa shape index (κ2) is 10.2. The quantitative estimate of drug-likeness (QED) is 0.426. The number of hydrogen-bond acceptors (Lipinski definition) is 6. The third kappa shape index (κ3) is 5.67. The molecule has 37 heavy (non-hydrogen) atoms. The summed E-state index contributed by atoms with van der Waals surface area (Å²) in [5, 5.41) is 13.0. The number of carbonyl (C=O) groups excluding carboxylic acids is 1. The van der Waals surface area contributed by atoms with E-state index in [1.54, 1.807) is 0 Å². The number of aromatic nitrogens is 1. The Morgan fingerprint density at radius 2 is 1.86 bits per heavy atom. The van der Waals surface area contributed by atoms with Crippen molar-refractivity contribution in [3.05, 3.63) is 58.8 Å². The number of pyridine rings is 1.